The van der Waals surface area contributed by atoms with Crippen molar-refractivity contribution < 1.29 is 9.59 Å². The average Bonchev–Trinajstić information content (AvgIpc) is 2.38. The first-order valence-electron chi connectivity index (χ1n) is 3.71. The van der Waals surface area contributed by atoms with Crippen LogP contribution in [0.1, 0.15) is 12.8 Å². The van der Waals surface area contributed by atoms with E-state index in [0.29, 0.717) is 13.0 Å². The molecule has 1 fully saturated rings. The lowest BCUT2D eigenvalue weighted by Crippen LogP contribution is -2.44. The summed E-state index contributed by atoms with van der Waals surface area (Å²) in [6.45, 7) is 0.538. The van der Waals surface area contributed by atoms with Crippen molar-refractivity contribution in [1.82, 2.24) is 4.90 Å². The van der Waals surface area contributed by atoms with Gasteiger partial charge in [0.2, 0.25) is 5.91 Å². The van der Waals surface area contributed by atoms with E-state index in [1.807, 2.05) is 0 Å². The molecule has 0 aliphatic carbocycles. The number of likely N-dealkylation sites (tertiary alicyclic amines) is 1. The molecule has 64 valence electrons. The van der Waals surface area contributed by atoms with Crippen LogP contribution in [0, 0.1) is 12.3 Å². The van der Waals surface area contributed by atoms with Gasteiger partial charge in [-0.1, -0.05) is 5.92 Å². The molecule has 12 heavy (non-hydrogen) atoms. The van der Waals surface area contributed by atoms with E-state index in [9.17, 15) is 9.59 Å². The van der Waals surface area contributed by atoms with Gasteiger partial charge < -0.3 is 10.6 Å². The van der Waals surface area contributed by atoms with Crippen molar-refractivity contribution in [2.24, 2.45) is 5.73 Å². The minimum atomic E-state index is -0.861. The molecule has 0 aromatic rings. The first kappa shape index (κ1) is 8.60. The van der Waals surface area contributed by atoms with Gasteiger partial charge in [0.05, 0.1) is 0 Å². The summed E-state index contributed by atoms with van der Waals surface area (Å²) in [5.74, 6) is 1.49. The van der Waals surface area contributed by atoms with E-state index >= 15 is 0 Å². The second kappa shape index (κ2) is 3.26. The fourth-order valence-corrected chi connectivity index (χ4v) is 1.27. The predicted octanol–water partition coefficient (Wildman–Crippen LogP) is -0.904. The standard InChI is InChI=1S/C8H10N2O2/c1-2-6(8(9)12)10-5-3-4-7(10)11/h1,6H,3-5H2,(H2,9,12)/t6-/m0/s1. The summed E-state index contributed by atoms with van der Waals surface area (Å²) in [7, 11) is 0. The first-order chi connectivity index (χ1) is 5.66. The van der Waals surface area contributed by atoms with Crippen LogP contribution in [0.4, 0.5) is 0 Å². The van der Waals surface area contributed by atoms with Crippen LogP contribution in [0.5, 0.6) is 0 Å². The summed E-state index contributed by atoms with van der Waals surface area (Å²) in [6.07, 6.45) is 6.29. The third kappa shape index (κ3) is 1.40. The number of amides is 2. The maximum absolute atomic E-state index is 11.1. The van der Waals surface area contributed by atoms with Crippen molar-refractivity contribution in [3.05, 3.63) is 0 Å². The van der Waals surface area contributed by atoms with Crippen molar-refractivity contribution >= 4 is 11.8 Å². The fourth-order valence-electron chi connectivity index (χ4n) is 1.27. The fraction of sp³-hybridized carbons (Fsp3) is 0.500. The maximum Gasteiger partial charge on any atom is 0.252 e. The van der Waals surface area contributed by atoms with E-state index in [4.69, 9.17) is 12.2 Å². The summed E-state index contributed by atoms with van der Waals surface area (Å²) < 4.78 is 0. The quantitative estimate of drug-likeness (QED) is 0.540. The van der Waals surface area contributed by atoms with E-state index in [-0.39, 0.29) is 5.91 Å². The largest absolute Gasteiger partial charge is 0.367 e. The molecule has 2 amide bonds. The van der Waals surface area contributed by atoms with E-state index in [2.05, 4.69) is 5.92 Å². The van der Waals surface area contributed by atoms with Gasteiger partial charge in [-0.3, -0.25) is 9.59 Å². The van der Waals surface area contributed by atoms with Gasteiger partial charge in [0.25, 0.3) is 5.91 Å². The van der Waals surface area contributed by atoms with Crippen LogP contribution in [0.15, 0.2) is 0 Å². The molecule has 4 heteroatoms. The number of carbonyl (C=O) groups is 2. The lowest BCUT2D eigenvalue weighted by molar-refractivity contribution is -0.134. The number of primary amides is 1. The number of rotatable bonds is 2. The van der Waals surface area contributed by atoms with Crippen molar-refractivity contribution in [2.75, 3.05) is 6.54 Å². The molecule has 0 spiro atoms. The van der Waals surface area contributed by atoms with E-state index in [1.54, 1.807) is 0 Å². The van der Waals surface area contributed by atoms with Crippen LogP contribution >= 0.6 is 0 Å². The molecule has 1 aliphatic rings. The third-order valence-corrected chi connectivity index (χ3v) is 1.85. The summed E-state index contributed by atoms with van der Waals surface area (Å²) in [6, 6.07) is -0.861. The highest BCUT2D eigenvalue weighted by molar-refractivity contribution is 5.89. The average molecular weight is 166 g/mol. The summed E-state index contributed by atoms with van der Waals surface area (Å²) in [4.78, 5) is 23.2. The molecule has 0 bridgehead atoms. The highest BCUT2D eigenvalue weighted by Crippen LogP contribution is 2.12. The molecule has 0 radical (unpaired) electrons. The van der Waals surface area contributed by atoms with Gasteiger partial charge in [0, 0.05) is 13.0 Å². The number of hydrogen-bond donors (Lipinski definition) is 1. The molecule has 0 aromatic carbocycles. The Labute approximate surface area is 70.7 Å². The molecule has 1 rings (SSSR count). The normalized spacial score (nSPS) is 18.9. The van der Waals surface area contributed by atoms with Crippen molar-refractivity contribution in [3.63, 3.8) is 0 Å². The first-order valence-corrected chi connectivity index (χ1v) is 3.71. The lowest BCUT2D eigenvalue weighted by atomic mass is 10.2. The van der Waals surface area contributed by atoms with Gasteiger partial charge in [-0.15, -0.1) is 6.42 Å². The maximum atomic E-state index is 11.1. The molecule has 0 unspecified atom stereocenters. The Bertz CT molecular complexity index is 254. The van der Waals surface area contributed by atoms with Crippen LogP contribution in [-0.2, 0) is 9.59 Å². The van der Waals surface area contributed by atoms with Crippen molar-refractivity contribution in [1.29, 1.82) is 0 Å². The Balaban J connectivity index is 2.73. The van der Waals surface area contributed by atoms with E-state index in [1.165, 1.54) is 4.90 Å². The Morgan fingerprint density at radius 2 is 2.42 bits per heavy atom. The van der Waals surface area contributed by atoms with E-state index in [0.717, 1.165) is 6.42 Å². The molecule has 2 N–H and O–H groups in total. The SMILES string of the molecule is C#C[C@@H](C(N)=O)N1CCCC1=O. The minimum Gasteiger partial charge on any atom is -0.367 e. The van der Waals surface area contributed by atoms with Gasteiger partial charge in [-0.05, 0) is 6.42 Å². The molecule has 1 heterocycles. The zero-order valence-electron chi connectivity index (χ0n) is 6.62. The molecule has 0 aromatic heterocycles. The number of hydrogen-bond acceptors (Lipinski definition) is 2. The summed E-state index contributed by atoms with van der Waals surface area (Å²) in [5, 5.41) is 0. The number of carbonyl (C=O) groups excluding carboxylic acids is 2. The topological polar surface area (TPSA) is 63.4 Å². The van der Waals surface area contributed by atoms with Crippen LogP contribution in [0.3, 0.4) is 0 Å². The van der Waals surface area contributed by atoms with E-state index < -0.39 is 11.9 Å². The molecule has 1 atom stereocenters. The lowest BCUT2D eigenvalue weighted by Gasteiger charge is -2.19. The monoisotopic (exact) mass is 166 g/mol. The van der Waals surface area contributed by atoms with Gasteiger partial charge >= 0.3 is 0 Å². The zero-order chi connectivity index (χ0) is 9.14. The van der Waals surface area contributed by atoms with Gasteiger partial charge in [0.15, 0.2) is 6.04 Å². The molecule has 1 aliphatic heterocycles. The number of nitrogens with two attached hydrogens (primary N) is 1. The van der Waals surface area contributed by atoms with Crippen LogP contribution in [-0.4, -0.2) is 29.3 Å². The molecular formula is C8H10N2O2. The van der Waals surface area contributed by atoms with Crippen molar-refractivity contribution in [3.8, 4) is 12.3 Å². The van der Waals surface area contributed by atoms with Crippen LogP contribution in [0.25, 0.3) is 0 Å². The predicted molar refractivity (Wildman–Crippen MR) is 42.8 cm³/mol. The Hall–Kier alpha value is -1.50. The Kier molecular flexibility index (Phi) is 2.34. The second-order valence-corrected chi connectivity index (χ2v) is 2.66. The highest BCUT2D eigenvalue weighted by atomic mass is 16.2. The summed E-state index contributed by atoms with van der Waals surface area (Å²) in [5.41, 5.74) is 5.01. The van der Waals surface area contributed by atoms with Gasteiger partial charge in [0.1, 0.15) is 0 Å². The van der Waals surface area contributed by atoms with Crippen LogP contribution in [0.2, 0.25) is 0 Å². The Morgan fingerprint density at radius 3 is 2.75 bits per heavy atom. The van der Waals surface area contributed by atoms with Crippen LogP contribution < -0.4 is 5.73 Å². The minimum absolute atomic E-state index is 0.0863. The zero-order valence-corrected chi connectivity index (χ0v) is 6.62. The third-order valence-electron chi connectivity index (χ3n) is 1.85. The summed E-state index contributed by atoms with van der Waals surface area (Å²) >= 11 is 0. The van der Waals surface area contributed by atoms with Gasteiger partial charge in [-0.25, -0.2) is 0 Å². The smallest absolute Gasteiger partial charge is 0.252 e. The second-order valence-electron chi connectivity index (χ2n) is 2.66. The molecule has 1 saturated heterocycles. The molecular weight excluding hydrogens is 156 g/mol. The van der Waals surface area contributed by atoms with Gasteiger partial charge in [-0.2, -0.15) is 0 Å². The van der Waals surface area contributed by atoms with Crippen molar-refractivity contribution in [2.45, 2.75) is 18.9 Å². The molecule has 0 saturated carbocycles. The molecule has 4 nitrogen and oxygen atoms in total. The number of nitrogens with zero attached hydrogens (tertiary/aromatic N) is 1. The Morgan fingerprint density at radius 1 is 1.75 bits per heavy atom. The highest BCUT2D eigenvalue weighted by Gasteiger charge is 2.29. The number of terminal acetylenes is 1.